The molecule has 0 amide bonds. The fourth-order valence-corrected chi connectivity index (χ4v) is 4.83. The second kappa shape index (κ2) is 26.9. The van der Waals surface area contributed by atoms with Gasteiger partial charge in [-0.1, -0.05) is 139 Å². The van der Waals surface area contributed by atoms with Crippen LogP contribution in [0.4, 0.5) is 0 Å². The summed E-state index contributed by atoms with van der Waals surface area (Å²) in [6.07, 6.45) is 0. The zero-order valence-electron chi connectivity index (χ0n) is 27.4. The molecule has 0 saturated heterocycles. The molecule has 0 aliphatic heterocycles. The summed E-state index contributed by atoms with van der Waals surface area (Å²) in [6, 6.07) is 45.6. The van der Waals surface area contributed by atoms with Gasteiger partial charge >= 0.3 is 154 Å². The first-order valence-corrected chi connectivity index (χ1v) is 17.5. The first kappa shape index (κ1) is 51.2. The van der Waals surface area contributed by atoms with Crippen LogP contribution in [0.15, 0.2) is 159 Å². The van der Waals surface area contributed by atoms with Crippen LogP contribution >= 0.6 is 55.6 Å². The average Bonchev–Trinajstić information content (AvgIpc) is 3.03. The van der Waals surface area contributed by atoms with Crippen LogP contribution in [0.1, 0.15) is 0 Å². The number of hydrogen-bond acceptors (Lipinski definition) is 7. The molecule has 7 nitrogen and oxygen atoms in total. The third-order valence-corrected chi connectivity index (χ3v) is 7.76. The van der Waals surface area contributed by atoms with Crippen LogP contribution < -0.4 is 169 Å². The van der Waals surface area contributed by atoms with Gasteiger partial charge in [0.1, 0.15) is 17.2 Å². The summed E-state index contributed by atoms with van der Waals surface area (Å²) in [5, 5.41) is 28.9. The van der Waals surface area contributed by atoms with Crippen molar-refractivity contribution in [2.75, 3.05) is 0 Å². The Labute approximate surface area is 444 Å². The molecule has 50 heavy (non-hydrogen) atoms. The molecule has 14 heteroatoms. The molecule has 242 valence electrons. The third kappa shape index (κ3) is 19.7. The molecule has 0 atom stereocenters. The topological polar surface area (TPSA) is 147 Å². The number of para-hydroxylation sites is 3. The van der Waals surface area contributed by atoms with Crippen molar-refractivity contribution in [3.63, 3.8) is 0 Å². The number of halogens is 3. The molecular formula is C36H27Br3K3O7P. The number of hydrogen-bond donors (Lipinski definition) is 3. The Hall–Kier alpha value is 1.18. The van der Waals surface area contributed by atoms with Crippen LogP contribution in [0, 0.1) is 0 Å². The van der Waals surface area contributed by atoms with Crippen LogP contribution in [-0.4, -0.2) is 15.3 Å². The summed E-state index contributed by atoms with van der Waals surface area (Å²) >= 11 is 10.1. The van der Waals surface area contributed by atoms with Gasteiger partial charge in [-0.05, 0) is 71.3 Å². The Morgan fingerprint density at radius 1 is 0.380 bits per heavy atom. The molecule has 0 aliphatic carbocycles. The van der Waals surface area contributed by atoms with Gasteiger partial charge in [-0.2, -0.15) is 7.82 Å². The van der Waals surface area contributed by atoms with Gasteiger partial charge in [0.2, 0.25) is 0 Å². The van der Waals surface area contributed by atoms with Crippen LogP contribution in [0.3, 0.4) is 0 Å². The van der Waals surface area contributed by atoms with Gasteiger partial charge < -0.3 is 34.6 Å². The molecule has 0 spiro atoms. The van der Waals surface area contributed by atoms with Crippen molar-refractivity contribution in [2.24, 2.45) is 0 Å². The molecule has 0 saturated carbocycles. The maximum absolute atomic E-state index is 9.62. The Kier molecular flexibility index (Phi) is 27.5. The molecular weight excluding hydrogens is 932 g/mol. The van der Waals surface area contributed by atoms with Gasteiger partial charge in [0.05, 0.1) is 0 Å². The van der Waals surface area contributed by atoms with Crippen molar-refractivity contribution in [3.8, 4) is 50.6 Å². The van der Waals surface area contributed by atoms with Crippen LogP contribution in [0.5, 0.6) is 17.2 Å². The molecule has 6 aromatic carbocycles. The van der Waals surface area contributed by atoms with Crippen LogP contribution in [0.25, 0.3) is 33.4 Å². The molecule has 3 N–H and O–H groups in total. The van der Waals surface area contributed by atoms with Crippen molar-refractivity contribution in [2.45, 2.75) is 0 Å². The van der Waals surface area contributed by atoms with E-state index < -0.39 is 7.82 Å². The van der Waals surface area contributed by atoms with E-state index in [0.717, 1.165) is 46.8 Å². The van der Waals surface area contributed by atoms with E-state index in [1.54, 1.807) is 18.2 Å². The van der Waals surface area contributed by atoms with Crippen LogP contribution in [-0.2, 0) is 4.57 Å². The average molecular weight is 960 g/mol. The second-order valence-electron chi connectivity index (χ2n) is 9.52. The molecule has 0 bridgehead atoms. The first-order chi connectivity index (χ1) is 22.3. The van der Waals surface area contributed by atoms with E-state index >= 15 is 0 Å². The largest absolute Gasteiger partial charge is 1.00 e. The fourth-order valence-electron chi connectivity index (χ4n) is 4.04. The van der Waals surface area contributed by atoms with Gasteiger partial charge in [0, 0.05) is 30.1 Å². The van der Waals surface area contributed by atoms with E-state index in [9.17, 15) is 15.3 Å². The maximum Gasteiger partial charge on any atom is 1.00 e. The van der Waals surface area contributed by atoms with Gasteiger partial charge in [-0.25, -0.2) is 0 Å². The number of phenolic OH excluding ortho intramolecular Hbond substituents is 3. The zero-order valence-corrected chi connectivity index (χ0v) is 42.4. The van der Waals surface area contributed by atoms with Gasteiger partial charge in [-0.15, -0.1) is 0 Å². The van der Waals surface area contributed by atoms with E-state index in [2.05, 4.69) is 47.8 Å². The number of rotatable bonds is 3. The minimum absolute atomic E-state index is 0. The Balaban J connectivity index is 0.000000656. The summed E-state index contributed by atoms with van der Waals surface area (Å²) in [7, 11) is -5.39. The summed E-state index contributed by atoms with van der Waals surface area (Å²) in [5.74, 6) is 0.944. The summed E-state index contributed by atoms with van der Waals surface area (Å²) in [5.41, 5.74) is 5.64. The first-order valence-electron chi connectivity index (χ1n) is 13.7. The number of aromatic hydroxyl groups is 3. The van der Waals surface area contributed by atoms with Gasteiger partial charge in [0.15, 0.2) is 0 Å². The molecule has 0 unspecified atom stereocenters. The van der Waals surface area contributed by atoms with E-state index in [1.807, 2.05) is 127 Å². The van der Waals surface area contributed by atoms with E-state index in [4.69, 9.17) is 19.2 Å². The fraction of sp³-hybridized carbons (Fsp3) is 0. The SMILES string of the molecule is O=P([O-])([O-])[O-].Oc1ccccc1-c1ccc(Br)cc1.Oc1ccccc1-c1ccc(Br)cc1.Oc1ccccc1-c1ccc(Br)cc1.[K+].[K+].[K+]. The summed E-state index contributed by atoms with van der Waals surface area (Å²) in [4.78, 5) is 25.6. The predicted molar refractivity (Wildman–Crippen MR) is 191 cm³/mol. The smallest absolute Gasteiger partial charge is 0.822 e. The van der Waals surface area contributed by atoms with Crippen molar-refractivity contribution < 1.29 is 189 Å². The van der Waals surface area contributed by atoms with Crippen molar-refractivity contribution in [1.29, 1.82) is 0 Å². The number of phosphoric acid groups is 1. The molecule has 0 radical (unpaired) electrons. The van der Waals surface area contributed by atoms with E-state index in [1.165, 1.54) is 0 Å². The quantitative estimate of drug-likeness (QED) is 0.163. The predicted octanol–water partition coefficient (Wildman–Crippen LogP) is -0.347. The molecule has 6 aromatic rings. The van der Waals surface area contributed by atoms with E-state index in [-0.39, 0.29) is 154 Å². The maximum atomic E-state index is 9.62. The van der Waals surface area contributed by atoms with Gasteiger partial charge in [0.25, 0.3) is 0 Å². The molecule has 6 rings (SSSR count). The minimum atomic E-state index is -5.39. The van der Waals surface area contributed by atoms with Crippen molar-refractivity contribution in [3.05, 3.63) is 159 Å². The van der Waals surface area contributed by atoms with E-state index in [0.29, 0.717) is 17.2 Å². The minimum Gasteiger partial charge on any atom is -0.822 e. The summed E-state index contributed by atoms with van der Waals surface area (Å²) in [6.45, 7) is 0. The van der Waals surface area contributed by atoms with Gasteiger partial charge in [-0.3, -0.25) is 0 Å². The molecule has 0 heterocycles. The zero-order chi connectivity index (χ0) is 34.4. The Bertz CT molecular complexity index is 1700. The molecule has 0 fully saturated rings. The second-order valence-corrected chi connectivity index (χ2v) is 13.2. The number of phenols is 3. The monoisotopic (exact) mass is 956 g/mol. The standard InChI is InChI=1S/3C12H9BrO.3K.H3O4P/c3*13-10-7-5-9(6-8-10)11-3-1-2-4-12(11)14;;;;1-5(2,3)4/h3*1-8,14H;;;;(H3,1,2,3,4)/q;;;3*+1;/p-3. The summed E-state index contributed by atoms with van der Waals surface area (Å²) < 4.78 is 11.7. The third-order valence-electron chi connectivity index (χ3n) is 6.18. The van der Waals surface area contributed by atoms with Crippen molar-refractivity contribution in [1.82, 2.24) is 0 Å². The normalized spacial score (nSPS) is 9.64. The Morgan fingerprint density at radius 3 is 0.740 bits per heavy atom. The number of benzene rings is 6. The Morgan fingerprint density at radius 2 is 0.560 bits per heavy atom. The molecule has 0 aromatic heterocycles. The van der Waals surface area contributed by atoms with Crippen molar-refractivity contribution >= 4 is 55.6 Å². The van der Waals surface area contributed by atoms with Crippen LogP contribution in [0.2, 0.25) is 0 Å². The molecule has 0 aliphatic rings.